The van der Waals surface area contributed by atoms with E-state index >= 15 is 0 Å². The molecule has 0 saturated heterocycles. The van der Waals surface area contributed by atoms with Gasteiger partial charge in [-0.1, -0.05) is 306 Å². The molecule has 0 radical (unpaired) electrons. The number of aliphatic hydroxyl groups excluding tert-OH is 1. The number of hydrogen-bond donors (Lipinski definition) is 2. The highest BCUT2D eigenvalue weighted by Crippen LogP contribution is 2.38. The average Bonchev–Trinajstić information content (AvgIpc) is 3.38. The topological polar surface area (TPSA) is 108 Å². The molecule has 0 rings (SSSR count). The summed E-state index contributed by atoms with van der Waals surface area (Å²) < 4.78 is 23.4. The predicted octanol–water partition coefficient (Wildman–Crippen LogP) is 20.0. The Morgan fingerprint density at radius 1 is 0.461 bits per heavy atom. The van der Waals surface area contributed by atoms with Crippen LogP contribution in [0.3, 0.4) is 0 Å². The second kappa shape index (κ2) is 58.1. The number of nitrogens with one attached hydrogen (secondary N) is 1. The molecule has 2 N–H and O–H groups in total. The fourth-order valence-electron chi connectivity index (χ4n) is 9.87. The summed E-state index contributed by atoms with van der Waals surface area (Å²) in [6.07, 6.45) is 77.8. The van der Waals surface area contributed by atoms with Crippen LogP contribution in [0.2, 0.25) is 0 Å². The van der Waals surface area contributed by atoms with E-state index in [4.69, 9.17) is 9.05 Å². The van der Waals surface area contributed by atoms with E-state index in [9.17, 15) is 19.4 Å². The third kappa shape index (κ3) is 60.1. The SMILES string of the molecule is CCCCCCC/C=C\C/C=C\C/C=C\CCCCCCCCCCCCCCCCCCCCC(=O)NC(COP(=O)([O-])OCC[N+](C)(C)C)C(O)/C=C/CCCCCCCCCCCCCCCCCCCCC. The van der Waals surface area contributed by atoms with E-state index in [-0.39, 0.29) is 19.1 Å². The predicted molar refractivity (Wildman–Crippen MR) is 330 cm³/mol. The molecule has 9 heteroatoms. The number of quaternary nitrogens is 1. The van der Waals surface area contributed by atoms with Crippen molar-refractivity contribution in [1.29, 1.82) is 0 Å². The minimum absolute atomic E-state index is 0.0000126. The van der Waals surface area contributed by atoms with Gasteiger partial charge in [0.15, 0.2) is 0 Å². The molecule has 8 nitrogen and oxygen atoms in total. The average molecular weight is 1090 g/mol. The highest BCUT2D eigenvalue weighted by atomic mass is 31.2. The Bertz CT molecular complexity index is 1380. The summed E-state index contributed by atoms with van der Waals surface area (Å²) in [5, 5.41) is 13.9. The van der Waals surface area contributed by atoms with Crippen LogP contribution < -0.4 is 10.2 Å². The minimum Gasteiger partial charge on any atom is -0.756 e. The van der Waals surface area contributed by atoms with Gasteiger partial charge >= 0.3 is 0 Å². The summed E-state index contributed by atoms with van der Waals surface area (Å²) in [4.78, 5) is 25.6. The van der Waals surface area contributed by atoms with Crippen molar-refractivity contribution in [2.75, 3.05) is 40.9 Å². The molecule has 0 heterocycles. The largest absolute Gasteiger partial charge is 0.756 e. The first kappa shape index (κ1) is 74.5. The number of unbranched alkanes of at least 4 members (excludes halogenated alkanes) is 42. The van der Waals surface area contributed by atoms with Crippen LogP contribution in [-0.2, 0) is 18.4 Å². The molecule has 0 bridgehead atoms. The molecule has 3 atom stereocenters. The molecule has 448 valence electrons. The van der Waals surface area contributed by atoms with Gasteiger partial charge in [-0.05, 0) is 57.8 Å². The van der Waals surface area contributed by atoms with Crippen molar-refractivity contribution in [3.8, 4) is 0 Å². The summed E-state index contributed by atoms with van der Waals surface area (Å²) in [5.41, 5.74) is 0. The van der Waals surface area contributed by atoms with Crippen molar-refractivity contribution in [2.24, 2.45) is 0 Å². The molecule has 0 spiro atoms. The lowest BCUT2D eigenvalue weighted by Gasteiger charge is -2.29. The minimum atomic E-state index is -4.60. The Labute approximate surface area is 473 Å². The molecule has 0 aromatic carbocycles. The van der Waals surface area contributed by atoms with Gasteiger partial charge < -0.3 is 28.8 Å². The molecule has 0 saturated carbocycles. The molecule has 0 aliphatic carbocycles. The molecular formula is C67H129N2O6P. The summed E-state index contributed by atoms with van der Waals surface area (Å²) in [5.74, 6) is -0.192. The lowest BCUT2D eigenvalue weighted by atomic mass is 10.0. The van der Waals surface area contributed by atoms with Crippen LogP contribution in [0.1, 0.15) is 322 Å². The van der Waals surface area contributed by atoms with Crippen LogP contribution in [0.15, 0.2) is 48.6 Å². The van der Waals surface area contributed by atoms with Crippen molar-refractivity contribution in [3.63, 3.8) is 0 Å². The van der Waals surface area contributed by atoms with Crippen molar-refractivity contribution >= 4 is 13.7 Å². The smallest absolute Gasteiger partial charge is 0.268 e. The third-order valence-corrected chi connectivity index (χ3v) is 16.0. The van der Waals surface area contributed by atoms with Gasteiger partial charge in [0.1, 0.15) is 13.2 Å². The monoisotopic (exact) mass is 1090 g/mol. The number of allylic oxidation sites excluding steroid dienone is 7. The molecule has 0 fully saturated rings. The van der Waals surface area contributed by atoms with Gasteiger partial charge in [-0.2, -0.15) is 0 Å². The summed E-state index contributed by atoms with van der Waals surface area (Å²) in [6, 6.07) is -0.887. The van der Waals surface area contributed by atoms with Crippen molar-refractivity contribution in [1.82, 2.24) is 5.32 Å². The number of phosphoric acid groups is 1. The Balaban J connectivity index is 4.06. The molecular weight excluding hydrogens is 960 g/mol. The number of likely N-dealkylation sites (N-methyl/N-ethyl adjacent to an activating group) is 1. The normalized spacial score (nSPS) is 14.0. The van der Waals surface area contributed by atoms with Gasteiger partial charge in [0.2, 0.25) is 5.91 Å². The Hall–Kier alpha value is -1.54. The molecule has 3 unspecified atom stereocenters. The molecule has 0 aliphatic heterocycles. The summed E-state index contributed by atoms with van der Waals surface area (Å²) in [7, 11) is 1.27. The zero-order chi connectivity index (χ0) is 55.6. The Morgan fingerprint density at radius 3 is 1.11 bits per heavy atom. The second-order valence-corrected chi connectivity index (χ2v) is 25.2. The zero-order valence-electron chi connectivity index (χ0n) is 51.2. The van der Waals surface area contributed by atoms with E-state index in [1.54, 1.807) is 6.08 Å². The highest BCUT2D eigenvalue weighted by molar-refractivity contribution is 7.45. The zero-order valence-corrected chi connectivity index (χ0v) is 52.1. The van der Waals surface area contributed by atoms with E-state index in [0.717, 1.165) is 51.4 Å². The van der Waals surface area contributed by atoms with Crippen molar-refractivity contribution < 1.29 is 32.9 Å². The number of amides is 1. The Morgan fingerprint density at radius 2 is 0.763 bits per heavy atom. The lowest BCUT2D eigenvalue weighted by Crippen LogP contribution is -2.45. The molecule has 0 aliphatic rings. The van der Waals surface area contributed by atoms with E-state index in [2.05, 4.69) is 55.6 Å². The third-order valence-electron chi connectivity index (χ3n) is 15.0. The van der Waals surface area contributed by atoms with Crippen LogP contribution in [0.25, 0.3) is 0 Å². The van der Waals surface area contributed by atoms with Crippen LogP contribution in [0, 0.1) is 0 Å². The van der Waals surface area contributed by atoms with Crippen LogP contribution in [-0.4, -0.2) is 68.5 Å². The van der Waals surface area contributed by atoms with Crippen LogP contribution in [0.4, 0.5) is 0 Å². The molecule has 76 heavy (non-hydrogen) atoms. The van der Waals surface area contributed by atoms with Gasteiger partial charge in [0.05, 0.1) is 39.9 Å². The maximum absolute atomic E-state index is 13.0. The molecule has 0 aromatic heterocycles. The fraction of sp³-hybridized carbons (Fsp3) is 0.866. The first-order valence-electron chi connectivity index (χ1n) is 33.0. The Kier molecular flexibility index (Phi) is 56.9. The van der Waals surface area contributed by atoms with E-state index in [1.807, 2.05) is 27.2 Å². The van der Waals surface area contributed by atoms with Gasteiger partial charge in [0.25, 0.3) is 7.82 Å². The summed E-state index contributed by atoms with van der Waals surface area (Å²) in [6.45, 7) is 4.68. The van der Waals surface area contributed by atoms with E-state index in [0.29, 0.717) is 17.4 Å². The highest BCUT2D eigenvalue weighted by Gasteiger charge is 2.23. The van der Waals surface area contributed by atoms with E-state index in [1.165, 1.54) is 250 Å². The standard InChI is InChI=1S/C67H129N2O6P/c1-6-8-10-12-14-16-18-20-22-24-26-28-29-30-31-32-33-34-35-36-37-38-39-41-43-45-47-49-51-53-55-57-59-61-67(71)68-65(64-75-76(72,73)74-63-62-69(3,4)5)66(70)60-58-56-54-52-50-48-46-44-42-40-27-25-23-21-19-17-15-13-11-9-7-2/h18,20,24,26,29-30,58,60,65-66,70H,6-17,19,21-23,25,27-28,31-57,59,61-64H2,1-5H3,(H-,68,71,72,73)/b20-18-,26-24-,30-29-,60-58+. The number of rotatable bonds is 61. The number of phosphoric ester groups is 1. The van der Waals surface area contributed by atoms with E-state index < -0.39 is 20.0 Å². The van der Waals surface area contributed by atoms with Gasteiger partial charge in [-0.15, -0.1) is 0 Å². The molecule has 1 amide bonds. The van der Waals surface area contributed by atoms with Crippen LogP contribution >= 0.6 is 7.82 Å². The number of aliphatic hydroxyl groups is 1. The number of nitrogens with zero attached hydrogens (tertiary/aromatic N) is 1. The number of carbonyl (C=O) groups is 1. The number of carbonyl (C=O) groups excluding carboxylic acids is 1. The fourth-order valence-corrected chi connectivity index (χ4v) is 10.6. The van der Waals surface area contributed by atoms with Crippen molar-refractivity contribution in [2.45, 2.75) is 334 Å². The maximum atomic E-state index is 13.0. The van der Waals surface area contributed by atoms with Gasteiger partial charge in [-0.25, -0.2) is 0 Å². The lowest BCUT2D eigenvalue weighted by molar-refractivity contribution is -0.870. The number of hydrogen-bond acceptors (Lipinski definition) is 6. The quantitative estimate of drug-likeness (QED) is 0.0272. The van der Waals surface area contributed by atoms with Crippen LogP contribution in [0.5, 0.6) is 0 Å². The molecule has 0 aromatic rings. The maximum Gasteiger partial charge on any atom is 0.268 e. The summed E-state index contributed by atoms with van der Waals surface area (Å²) >= 11 is 0. The van der Waals surface area contributed by atoms with Crippen molar-refractivity contribution in [3.05, 3.63) is 48.6 Å². The van der Waals surface area contributed by atoms with Gasteiger partial charge in [0, 0.05) is 6.42 Å². The van der Waals surface area contributed by atoms with Gasteiger partial charge in [-0.3, -0.25) is 9.36 Å². The second-order valence-electron chi connectivity index (χ2n) is 23.8. The first-order valence-corrected chi connectivity index (χ1v) is 34.5. The first-order chi connectivity index (χ1) is 37.0.